The van der Waals surface area contributed by atoms with Gasteiger partial charge >= 0.3 is 0 Å². The molecule has 2 atom stereocenters. The van der Waals surface area contributed by atoms with Crippen molar-refractivity contribution in [3.05, 3.63) is 59.4 Å². The first-order valence-corrected chi connectivity index (χ1v) is 9.66. The molecular formula is C22H23N3O2. The van der Waals surface area contributed by atoms with Crippen LogP contribution >= 0.6 is 0 Å². The number of imidazole rings is 1. The minimum absolute atomic E-state index is 0.132. The van der Waals surface area contributed by atoms with E-state index < -0.39 is 0 Å². The van der Waals surface area contributed by atoms with E-state index in [4.69, 9.17) is 4.74 Å². The van der Waals surface area contributed by atoms with Crippen molar-refractivity contribution in [3.8, 4) is 5.75 Å². The van der Waals surface area contributed by atoms with E-state index in [0.717, 1.165) is 54.6 Å². The summed E-state index contributed by atoms with van der Waals surface area (Å²) in [6, 6.07) is 12.4. The maximum atomic E-state index is 13.3. The number of likely N-dealkylation sites (tertiary alicyclic amines) is 1. The molecule has 1 N–H and O–H groups in total. The Morgan fingerprint density at radius 3 is 3.07 bits per heavy atom. The highest BCUT2D eigenvalue weighted by Gasteiger charge is 2.39. The highest BCUT2D eigenvalue weighted by molar-refractivity contribution is 5.97. The maximum absolute atomic E-state index is 13.3. The van der Waals surface area contributed by atoms with Crippen molar-refractivity contribution in [1.82, 2.24) is 14.9 Å². The van der Waals surface area contributed by atoms with Gasteiger partial charge in [-0.05, 0) is 61.1 Å². The van der Waals surface area contributed by atoms with E-state index in [1.54, 1.807) is 13.4 Å². The van der Waals surface area contributed by atoms with Crippen molar-refractivity contribution in [2.24, 2.45) is 0 Å². The van der Waals surface area contributed by atoms with Crippen molar-refractivity contribution in [2.45, 2.75) is 37.6 Å². The van der Waals surface area contributed by atoms with Crippen LogP contribution in [0.5, 0.6) is 5.75 Å². The summed E-state index contributed by atoms with van der Waals surface area (Å²) in [5.41, 5.74) is 5.24. The molecule has 27 heavy (non-hydrogen) atoms. The minimum atomic E-state index is 0.132. The molecule has 0 bridgehead atoms. The number of aromatic amines is 1. The number of nitrogens with zero attached hydrogens (tertiary/aromatic N) is 2. The van der Waals surface area contributed by atoms with Crippen LogP contribution in [0.4, 0.5) is 0 Å². The molecule has 1 fully saturated rings. The van der Waals surface area contributed by atoms with Crippen LogP contribution in [0.15, 0.2) is 42.7 Å². The second-order valence-corrected chi connectivity index (χ2v) is 7.52. The Kier molecular flexibility index (Phi) is 3.88. The van der Waals surface area contributed by atoms with Crippen LogP contribution in [-0.2, 0) is 6.42 Å². The molecular weight excluding hydrogens is 338 g/mol. The van der Waals surface area contributed by atoms with Crippen LogP contribution in [0.1, 0.15) is 46.7 Å². The van der Waals surface area contributed by atoms with Gasteiger partial charge in [0.25, 0.3) is 5.91 Å². The first kappa shape index (κ1) is 16.4. The lowest BCUT2D eigenvalue weighted by Crippen LogP contribution is -2.49. The molecule has 5 heteroatoms. The van der Waals surface area contributed by atoms with Crippen LogP contribution in [-0.4, -0.2) is 40.5 Å². The molecule has 3 aromatic rings. The number of hydrogen-bond acceptors (Lipinski definition) is 3. The van der Waals surface area contributed by atoms with Gasteiger partial charge in [-0.2, -0.15) is 0 Å². The molecule has 1 aliphatic carbocycles. The molecule has 0 saturated carbocycles. The van der Waals surface area contributed by atoms with Gasteiger partial charge in [0, 0.05) is 24.1 Å². The van der Waals surface area contributed by atoms with Gasteiger partial charge in [0.2, 0.25) is 0 Å². The Labute approximate surface area is 158 Å². The fraction of sp³-hybridized carbons (Fsp3) is 0.364. The molecule has 1 aromatic heterocycles. The molecule has 5 nitrogen and oxygen atoms in total. The number of nitrogens with one attached hydrogen (secondary N) is 1. The summed E-state index contributed by atoms with van der Waals surface area (Å²) in [5.74, 6) is 1.52. The average molecular weight is 361 g/mol. The molecule has 0 spiro atoms. The fourth-order valence-corrected chi connectivity index (χ4v) is 4.94. The zero-order valence-electron chi connectivity index (χ0n) is 15.4. The van der Waals surface area contributed by atoms with Crippen molar-refractivity contribution >= 4 is 16.9 Å². The SMILES string of the molecule is COc1cccc2c1CC[C@H]1[C@@H]2CCCN1C(=O)c1ccc2nc[nH]c2c1. The van der Waals surface area contributed by atoms with Gasteiger partial charge in [-0.15, -0.1) is 0 Å². The number of benzene rings is 2. The second-order valence-electron chi connectivity index (χ2n) is 7.52. The third kappa shape index (κ3) is 2.60. The Balaban J connectivity index is 1.48. The molecule has 2 aromatic carbocycles. The first-order chi connectivity index (χ1) is 13.3. The number of ether oxygens (including phenoxy) is 1. The van der Waals surface area contributed by atoms with Crippen molar-refractivity contribution in [1.29, 1.82) is 0 Å². The second kappa shape index (κ2) is 6.41. The number of fused-ring (bicyclic) bond motifs is 4. The maximum Gasteiger partial charge on any atom is 0.254 e. The van der Waals surface area contributed by atoms with E-state index in [0.29, 0.717) is 5.92 Å². The number of carbonyl (C=O) groups excluding carboxylic acids is 1. The van der Waals surface area contributed by atoms with Gasteiger partial charge in [0.05, 0.1) is 24.5 Å². The monoisotopic (exact) mass is 361 g/mol. The van der Waals surface area contributed by atoms with Crippen molar-refractivity contribution in [2.75, 3.05) is 13.7 Å². The molecule has 2 aliphatic rings. The number of carbonyl (C=O) groups is 1. The average Bonchev–Trinajstić information content (AvgIpc) is 3.20. The smallest absolute Gasteiger partial charge is 0.254 e. The molecule has 0 radical (unpaired) electrons. The summed E-state index contributed by atoms with van der Waals surface area (Å²) < 4.78 is 5.58. The van der Waals surface area contributed by atoms with Gasteiger partial charge < -0.3 is 14.6 Å². The number of methoxy groups -OCH3 is 1. The number of amides is 1. The lowest BCUT2D eigenvalue weighted by Gasteiger charge is -2.45. The fourth-order valence-electron chi connectivity index (χ4n) is 4.94. The molecule has 138 valence electrons. The molecule has 1 amide bonds. The normalized spacial score (nSPS) is 21.6. The van der Waals surface area contributed by atoms with Crippen LogP contribution in [0.3, 0.4) is 0 Å². The third-order valence-electron chi connectivity index (χ3n) is 6.19. The Bertz CT molecular complexity index is 1010. The van der Waals surface area contributed by atoms with Crippen LogP contribution < -0.4 is 4.74 Å². The van der Waals surface area contributed by atoms with E-state index in [1.807, 2.05) is 24.3 Å². The van der Waals surface area contributed by atoms with Crippen LogP contribution in [0, 0.1) is 0 Å². The summed E-state index contributed by atoms with van der Waals surface area (Å²) in [4.78, 5) is 22.8. The molecule has 2 heterocycles. The Hall–Kier alpha value is -2.82. The summed E-state index contributed by atoms with van der Waals surface area (Å²) >= 11 is 0. The lowest BCUT2D eigenvalue weighted by molar-refractivity contribution is 0.0546. The summed E-state index contributed by atoms with van der Waals surface area (Å²) in [6.07, 6.45) is 5.80. The van der Waals surface area contributed by atoms with Gasteiger partial charge in [-0.3, -0.25) is 4.79 Å². The zero-order valence-corrected chi connectivity index (χ0v) is 15.4. The van der Waals surface area contributed by atoms with Crippen LogP contribution in [0.2, 0.25) is 0 Å². The van der Waals surface area contributed by atoms with Crippen LogP contribution in [0.25, 0.3) is 11.0 Å². The summed E-state index contributed by atoms with van der Waals surface area (Å²) in [6.45, 7) is 0.834. The van der Waals surface area contributed by atoms with Crippen molar-refractivity contribution in [3.63, 3.8) is 0 Å². The summed E-state index contributed by atoms with van der Waals surface area (Å²) in [7, 11) is 1.74. The highest BCUT2D eigenvalue weighted by atomic mass is 16.5. The number of rotatable bonds is 2. The predicted molar refractivity (Wildman–Crippen MR) is 104 cm³/mol. The van der Waals surface area contributed by atoms with Crippen molar-refractivity contribution < 1.29 is 9.53 Å². The third-order valence-corrected chi connectivity index (χ3v) is 6.19. The van der Waals surface area contributed by atoms with E-state index >= 15 is 0 Å². The predicted octanol–water partition coefficient (Wildman–Crippen LogP) is 3.91. The number of hydrogen-bond donors (Lipinski definition) is 1. The standard InChI is InChI=1S/C22H23N3O2/c1-27-21-6-2-4-15-16-5-3-11-25(20(16)10-8-17(15)21)22(26)14-7-9-18-19(12-14)24-13-23-18/h2,4,6-7,9,12-13,16,20H,3,5,8,10-11H2,1H3,(H,23,24)/t16-,20+/m1/s1. The highest BCUT2D eigenvalue weighted by Crippen LogP contribution is 2.43. The van der Waals surface area contributed by atoms with E-state index in [9.17, 15) is 4.79 Å². The topological polar surface area (TPSA) is 58.2 Å². The quantitative estimate of drug-likeness (QED) is 0.753. The Morgan fingerprint density at radius 2 is 2.19 bits per heavy atom. The molecule has 1 aliphatic heterocycles. The molecule has 0 unspecified atom stereocenters. The van der Waals surface area contributed by atoms with Gasteiger partial charge in [0.15, 0.2) is 0 Å². The van der Waals surface area contributed by atoms with Gasteiger partial charge in [-0.1, -0.05) is 12.1 Å². The van der Waals surface area contributed by atoms with E-state index in [-0.39, 0.29) is 11.9 Å². The molecule has 1 saturated heterocycles. The number of piperidine rings is 1. The Morgan fingerprint density at radius 1 is 1.26 bits per heavy atom. The zero-order chi connectivity index (χ0) is 18.4. The lowest BCUT2D eigenvalue weighted by atomic mass is 9.74. The number of H-pyrrole nitrogens is 1. The first-order valence-electron chi connectivity index (χ1n) is 9.66. The number of aromatic nitrogens is 2. The minimum Gasteiger partial charge on any atom is -0.496 e. The van der Waals surface area contributed by atoms with E-state index in [1.165, 1.54) is 11.1 Å². The van der Waals surface area contributed by atoms with Gasteiger partial charge in [-0.25, -0.2) is 4.98 Å². The van der Waals surface area contributed by atoms with Gasteiger partial charge in [0.1, 0.15) is 5.75 Å². The summed E-state index contributed by atoms with van der Waals surface area (Å²) in [5, 5.41) is 0. The van der Waals surface area contributed by atoms with E-state index in [2.05, 4.69) is 27.0 Å². The largest absolute Gasteiger partial charge is 0.496 e. The molecule has 5 rings (SSSR count).